The van der Waals surface area contributed by atoms with Crippen molar-refractivity contribution < 1.29 is 24.3 Å². The van der Waals surface area contributed by atoms with Crippen LogP contribution in [0.15, 0.2) is 43.0 Å². The number of rotatable bonds is 7. The summed E-state index contributed by atoms with van der Waals surface area (Å²) >= 11 is 0. The van der Waals surface area contributed by atoms with Gasteiger partial charge in [0.15, 0.2) is 11.6 Å². The lowest BCUT2D eigenvalue weighted by atomic mass is 10.3. The normalized spacial score (nSPS) is 10.8. The summed E-state index contributed by atoms with van der Waals surface area (Å²) in [5.41, 5.74) is 0.965. The Hall–Kier alpha value is -5.14. The third-order valence-electron chi connectivity index (χ3n) is 5.30. The molecule has 0 aliphatic heterocycles. The van der Waals surface area contributed by atoms with Gasteiger partial charge in [-0.05, 0) is 18.2 Å². The predicted octanol–water partition coefficient (Wildman–Crippen LogP) is 1.29. The molecular weight excluding hydrogens is 470 g/mol. The first-order valence-electron chi connectivity index (χ1n) is 10.5. The summed E-state index contributed by atoms with van der Waals surface area (Å²) in [5, 5.41) is 17.0. The van der Waals surface area contributed by atoms with Crippen molar-refractivity contribution in [2.45, 2.75) is 0 Å². The second kappa shape index (κ2) is 9.25. The van der Waals surface area contributed by atoms with Crippen LogP contribution in [0.2, 0.25) is 0 Å². The third-order valence-corrected chi connectivity index (χ3v) is 5.30. The highest BCUT2D eigenvalue weighted by molar-refractivity contribution is 6.07. The molecule has 186 valence electrons. The Balaban J connectivity index is 1.44. The maximum atomic E-state index is 12.8. The van der Waals surface area contributed by atoms with Gasteiger partial charge in [0.25, 0.3) is 17.7 Å². The number of imidazole rings is 2. The number of carbonyl (C=O) groups excluding carboxylic acids is 3. The molecule has 0 bridgehead atoms. The number of hydrogen-bond donors (Lipinski definition) is 4. The van der Waals surface area contributed by atoms with Gasteiger partial charge in [0, 0.05) is 53.0 Å². The summed E-state index contributed by atoms with van der Waals surface area (Å²) in [7, 11) is 6.47. The number of aromatic nitrogens is 6. The second-order valence-electron chi connectivity index (χ2n) is 8.02. The standard InChI is InChI=1S/C22H23N9O5/c1-28-7-5-6-13(28)19(32)26-15-10-30(3)17(24-15)21(34)23-12-8-14(29(2)9-12)20(33)27-16-11-31(4)18(25-16)22(35)36/h5-11H,1-4H3,(H,23,34)(H,26,32)(H,27,33)(H,35,36). The zero-order chi connectivity index (χ0) is 26.1. The zero-order valence-corrected chi connectivity index (χ0v) is 19.8. The SMILES string of the molecule is Cn1cc(NC(=O)c2nc(NC(=O)c3cccn3C)cn2C)cc1C(=O)Nc1cn(C)c(C(=O)O)n1. The molecule has 4 heterocycles. The average molecular weight is 493 g/mol. The van der Waals surface area contributed by atoms with Gasteiger partial charge >= 0.3 is 5.97 Å². The fraction of sp³-hybridized carbons (Fsp3) is 0.182. The molecule has 4 aromatic rings. The summed E-state index contributed by atoms with van der Waals surface area (Å²) in [6.45, 7) is 0. The lowest BCUT2D eigenvalue weighted by Gasteiger charge is -2.03. The molecule has 3 amide bonds. The van der Waals surface area contributed by atoms with E-state index in [9.17, 15) is 19.2 Å². The van der Waals surface area contributed by atoms with Crippen LogP contribution in [0.25, 0.3) is 0 Å². The monoisotopic (exact) mass is 493 g/mol. The maximum Gasteiger partial charge on any atom is 0.372 e. The van der Waals surface area contributed by atoms with Crippen LogP contribution in [0.5, 0.6) is 0 Å². The fourth-order valence-corrected chi connectivity index (χ4v) is 3.57. The number of nitrogens with one attached hydrogen (secondary N) is 3. The van der Waals surface area contributed by atoms with Crippen molar-refractivity contribution in [3.8, 4) is 0 Å². The van der Waals surface area contributed by atoms with Crippen LogP contribution < -0.4 is 16.0 Å². The molecule has 0 aliphatic rings. The predicted molar refractivity (Wildman–Crippen MR) is 128 cm³/mol. The molecule has 0 saturated carbocycles. The summed E-state index contributed by atoms with van der Waals surface area (Å²) in [6, 6.07) is 4.85. The van der Waals surface area contributed by atoms with Crippen LogP contribution in [-0.2, 0) is 28.2 Å². The van der Waals surface area contributed by atoms with Crippen LogP contribution in [0, 0.1) is 0 Å². The lowest BCUT2D eigenvalue weighted by Crippen LogP contribution is -2.17. The Morgan fingerprint density at radius 1 is 0.722 bits per heavy atom. The molecule has 0 fully saturated rings. The van der Waals surface area contributed by atoms with Crippen molar-refractivity contribution in [1.29, 1.82) is 0 Å². The average Bonchev–Trinajstić information content (AvgIpc) is 3.55. The van der Waals surface area contributed by atoms with Gasteiger partial charge in [-0.3, -0.25) is 14.4 Å². The fourth-order valence-electron chi connectivity index (χ4n) is 3.57. The molecule has 4 aromatic heterocycles. The molecule has 0 unspecified atom stereocenters. The topological polar surface area (TPSA) is 170 Å². The molecule has 14 nitrogen and oxygen atoms in total. The van der Waals surface area contributed by atoms with Crippen LogP contribution >= 0.6 is 0 Å². The molecule has 0 atom stereocenters. The first kappa shape index (κ1) is 24.0. The van der Waals surface area contributed by atoms with E-state index in [2.05, 4.69) is 25.9 Å². The van der Waals surface area contributed by atoms with E-state index in [-0.39, 0.29) is 34.9 Å². The number of carboxylic acid groups (broad SMARTS) is 1. The molecule has 14 heteroatoms. The number of nitrogens with zero attached hydrogens (tertiary/aromatic N) is 6. The van der Waals surface area contributed by atoms with E-state index in [0.717, 1.165) is 0 Å². The summed E-state index contributed by atoms with van der Waals surface area (Å²) < 4.78 is 5.90. The highest BCUT2D eigenvalue weighted by Crippen LogP contribution is 2.17. The first-order chi connectivity index (χ1) is 17.0. The smallest absolute Gasteiger partial charge is 0.372 e. The Morgan fingerprint density at radius 2 is 1.31 bits per heavy atom. The second-order valence-corrected chi connectivity index (χ2v) is 8.02. The molecule has 36 heavy (non-hydrogen) atoms. The van der Waals surface area contributed by atoms with Crippen LogP contribution in [0.1, 0.15) is 42.2 Å². The minimum absolute atomic E-state index is 0.0433. The van der Waals surface area contributed by atoms with Gasteiger partial charge in [0.05, 0.1) is 5.69 Å². The maximum absolute atomic E-state index is 12.8. The van der Waals surface area contributed by atoms with Gasteiger partial charge in [0.1, 0.15) is 11.4 Å². The Kier molecular flexibility index (Phi) is 6.16. The molecule has 0 saturated heterocycles. The third kappa shape index (κ3) is 4.72. The molecule has 4 N–H and O–H groups in total. The highest BCUT2D eigenvalue weighted by Gasteiger charge is 2.20. The van der Waals surface area contributed by atoms with Gasteiger partial charge in [-0.25, -0.2) is 14.8 Å². The zero-order valence-electron chi connectivity index (χ0n) is 19.8. The number of amides is 3. The van der Waals surface area contributed by atoms with E-state index in [1.807, 2.05) is 0 Å². The first-order valence-corrected chi connectivity index (χ1v) is 10.5. The highest BCUT2D eigenvalue weighted by atomic mass is 16.4. The lowest BCUT2D eigenvalue weighted by molar-refractivity contribution is 0.0679. The molecular formula is C22H23N9O5. The summed E-state index contributed by atoms with van der Waals surface area (Å²) in [4.78, 5) is 57.1. The van der Waals surface area contributed by atoms with Gasteiger partial charge in [-0.1, -0.05) is 0 Å². The quantitative estimate of drug-likeness (QED) is 0.300. The number of aryl methyl sites for hydroxylation is 4. The van der Waals surface area contributed by atoms with Gasteiger partial charge in [0.2, 0.25) is 11.6 Å². The molecule has 0 aliphatic carbocycles. The Labute approximate surface area is 204 Å². The van der Waals surface area contributed by atoms with Gasteiger partial charge in [-0.2, -0.15) is 0 Å². The molecule has 0 radical (unpaired) electrons. The van der Waals surface area contributed by atoms with Crippen molar-refractivity contribution in [2.24, 2.45) is 28.2 Å². The van der Waals surface area contributed by atoms with E-state index in [4.69, 9.17) is 5.11 Å². The van der Waals surface area contributed by atoms with E-state index < -0.39 is 17.8 Å². The van der Waals surface area contributed by atoms with Crippen molar-refractivity contribution in [3.63, 3.8) is 0 Å². The number of carbonyl (C=O) groups is 4. The minimum atomic E-state index is -1.22. The van der Waals surface area contributed by atoms with E-state index in [1.54, 1.807) is 44.0 Å². The Bertz CT molecular complexity index is 1500. The van der Waals surface area contributed by atoms with Crippen molar-refractivity contribution in [3.05, 3.63) is 66.0 Å². The van der Waals surface area contributed by atoms with E-state index in [0.29, 0.717) is 11.4 Å². The van der Waals surface area contributed by atoms with Crippen molar-refractivity contribution in [1.82, 2.24) is 28.2 Å². The summed E-state index contributed by atoms with van der Waals surface area (Å²) in [6.07, 6.45) is 6.17. The molecule has 0 aromatic carbocycles. The number of aromatic carboxylic acids is 1. The largest absolute Gasteiger partial charge is 0.475 e. The minimum Gasteiger partial charge on any atom is -0.475 e. The van der Waals surface area contributed by atoms with E-state index >= 15 is 0 Å². The number of anilines is 3. The van der Waals surface area contributed by atoms with Crippen molar-refractivity contribution in [2.75, 3.05) is 16.0 Å². The molecule has 4 rings (SSSR count). The van der Waals surface area contributed by atoms with Gasteiger partial charge in [-0.15, -0.1) is 0 Å². The van der Waals surface area contributed by atoms with Gasteiger partial charge < -0.3 is 39.3 Å². The number of carboxylic acids is 1. The van der Waals surface area contributed by atoms with Crippen LogP contribution in [0.3, 0.4) is 0 Å². The van der Waals surface area contributed by atoms with Crippen LogP contribution in [-0.4, -0.2) is 57.0 Å². The summed E-state index contributed by atoms with van der Waals surface area (Å²) in [5.74, 6) is -2.58. The molecule has 0 spiro atoms. The van der Waals surface area contributed by atoms with Crippen molar-refractivity contribution >= 4 is 41.0 Å². The number of hydrogen-bond acceptors (Lipinski definition) is 6. The Morgan fingerprint density at radius 3 is 1.86 bits per heavy atom. The van der Waals surface area contributed by atoms with E-state index in [1.165, 1.54) is 45.4 Å². The van der Waals surface area contributed by atoms with Crippen LogP contribution in [0.4, 0.5) is 17.3 Å².